The SMILES string of the molecule is CCOC(=O)C(C)(C)CCCCCC(CCCCCC(C)(C)C(=O)OCC)OC. The highest BCUT2D eigenvalue weighted by atomic mass is 16.5. The van der Waals surface area contributed by atoms with E-state index < -0.39 is 10.8 Å². The van der Waals surface area contributed by atoms with Crippen LogP contribution in [0.25, 0.3) is 0 Å². The molecule has 0 rings (SSSR count). The van der Waals surface area contributed by atoms with Crippen LogP contribution >= 0.6 is 0 Å². The number of unbranched alkanes of at least 4 members (excludes halogenated alkanes) is 4. The Morgan fingerprint density at radius 1 is 0.690 bits per heavy atom. The quantitative estimate of drug-likeness (QED) is 0.213. The molecule has 0 radical (unpaired) electrons. The number of rotatable bonds is 17. The van der Waals surface area contributed by atoms with Crippen LogP contribution < -0.4 is 0 Å². The van der Waals surface area contributed by atoms with Gasteiger partial charge in [-0.25, -0.2) is 0 Å². The molecule has 0 heterocycles. The zero-order valence-corrected chi connectivity index (χ0v) is 20.1. The van der Waals surface area contributed by atoms with E-state index in [0.717, 1.165) is 64.2 Å². The van der Waals surface area contributed by atoms with Gasteiger partial charge in [-0.1, -0.05) is 38.5 Å². The van der Waals surface area contributed by atoms with Gasteiger partial charge < -0.3 is 14.2 Å². The van der Waals surface area contributed by atoms with E-state index in [4.69, 9.17) is 14.2 Å². The molecule has 0 saturated carbocycles. The normalized spacial score (nSPS) is 12.3. The van der Waals surface area contributed by atoms with Gasteiger partial charge >= 0.3 is 11.9 Å². The van der Waals surface area contributed by atoms with Crippen molar-refractivity contribution in [3.8, 4) is 0 Å². The van der Waals surface area contributed by atoms with Gasteiger partial charge in [-0.15, -0.1) is 0 Å². The third-order valence-corrected chi connectivity index (χ3v) is 5.65. The summed E-state index contributed by atoms with van der Waals surface area (Å²) in [6.07, 6.45) is 10.7. The molecule has 172 valence electrons. The van der Waals surface area contributed by atoms with Crippen LogP contribution in [0.1, 0.15) is 106 Å². The lowest BCUT2D eigenvalue weighted by molar-refractivity contribution is -0.154. The van der Waals surface area contributed by atoms with Crippen LogP contribution in [-0.4, -0.2) is 38.4 Å². The molecular weight excluding hydrogens is 368 g/mol. The lowest BCUT2D eigenvalue weighted by Crippen LogP contribution is -2.26. The van der Waals surface area contributed by atoms with E-state index in [-0.39, 0.29) is 11.9 Å². The molecule has 0 aliphatic carbocycles. The predicted octanol–water partition coefficient (Wildman–Crippen LogP) is 6.08. The van der Waals surface area contributed by atoms with Crippen LogP contribution in [0.4, 0.5) is 0 Å². The van der Waals surface area contributed by atoms with Gasteiger partial charge in [0, 0.05) is 7.11 Å². The summed E-state index contributed by atoms with van der Waals surface area (Å²) in [4.78, 5) is 23.8. The van der Waals surface area contributed by atoms with Gasteiger partial charge in [0.25, 0.3) is 0 Å². The Balaban J connectivity index is 3.93. The number of methoxy groups -OCH3 is 1. The molecule has 0 aromatic heterocycles. The van der Waals surface area contributed by atoms with E-state index in [1.807, 2.05) is 41.5 Å². The summed E-state index contributed by atoms with van der Waals surface area (Å²) in [6.45, 7) is 12.4. The van der Waals surface area contributed by atoms with Crippen molar-refractivity contribution < 1.29 is 23.8 Å². The second-order valence-electron chi connectivity index (χ2n) is 9.27. The summed E-state index contributed by atoms with van der Waals surface area (Å²) < 4.78 is 15.9. The van der Waals surface area contributed by atoms with E-state index in [1.165, 1.54) is 0 Å². The monoisotopic (exact) mass is 414 g/mol. The van der Waals surface area contributed by atoms with Gasteiger partial charge in [0.2, 0.25) is 0 Å². The molecule has 0 atom stereocenters. The molecule has 5 heteroatoms. The van der Waals surface area contributed by atoms with Crippen molar-refractivity contribution in [3.05, 3.63) is 0 Å². The van der Waals surface area contributed by atoms with Crippen LogP contribution in [-0.2, 0) is 23.8 Å². The summed E-state index contributed by atoms with van der Waals surface area (Å²) in [7, 11) is 1.79. The maximum atomic E-state index is 11.9. The van der Waals surface area contributed by atoms with Crippen LogP contribution in [0, 0.1) is 10.8 Å². The van der Waals surface area contributed by atoms with E-state index in [0.29, 0.717) is 19.3 Å². The van der Waals surface area contributed by atoms with Crippen molar-refractivity contribution in [3.63, 3.8) is 0 Å². The van der Waals surface area contributed by atoms with Gasteiger partial charge in [0.15, 0.2) is 0 Å². The lowest BCUT2D eigenvalue weighted by atomic mass is 9.86. The first-order valence-corrected chi connectivity index (χ1v) is 11.5. The summed E-state index contributed by atoms with van der Waals surface area (Å²) in [5.74, 6) is -0.193. The molecule has 29 heavy (non-hydrogen) atoms. The molecule has 0 spiro atoms. The Morgan fingerprint density at radius 3 is 1.38 bits per heavy atom. The van der Waals surface area contributed by atoms with Crippen molar-refractivity contribution in [2.24, 2.45) is 10.8 Å². The Labute approximate surface area is 179 Å². The second-order valence-corrected chi connectivity index (χ2v) is 9.27. The maximum absolute atomic E-state index is 11.9. The summed E-state index contributed by atoms with van der Waals surface area (Å²) >= 11 is 0. The van der Waals surface area contributed by atoms with E-state index in [2.05, 4.69) is 0 Å². The van der Waals surface area contributed by atoms with Crippen molar-refractivity contribution in [1.82, 2.24) is 0 Å². The minimum Gasteiger partial charge on any atom is -0.466 e. The van der Waals surface area contributed by atoms with Crippen molar-refractivity contribution >= 4 is 11.9 Å². The summed E-state index contributed by atoms with van der Waals surface area (Å²) in [5.41, 5.74) is -0.790. The topological polar surface area (TPSA) is 61.8 Å². The van der Waals surface area contributed by atoms with Crippen LogP contribution in [0.3, 0.4) is 0 Å². The third-order valence-electron chi connectivity index (χ3n) is 5.65. The molecule has 0 bridgehead atoms. The van der Waals surface area contributed by atoms with Gasteiger partial charge in [-0.05, 0) is 67.2 Å². The number of hydrogen-bond donors (Lipinski definition) is 0. The average molecular weight is 415 g/mol. The average Bonchev–Trinajstić information content (AvgIpc) is 2.66. The van der Waals surface area contributed by atoms with E-state index >= 15 is 0 Å². The molecule has 0 aliphatic rings. The molecule has 0 aliphatic heterocycles. The van der Waals surface area contributed by atoms with Gasteiger partial charge in [0.1, 0.15) is 0 Å². The largest absolute Gasteiger partial charge is 0.466 e. The number of carbonyl (C=O) groups is 2. The molecule has 0 saturated heterocycles. The summed E-state index contributed by atoms with van der Waals surface area (Å²) in [5, 5.41) is 0. The van der Waals surface area contributed by atoms with Gasteiger partial charge in [0.05, 0.1) is 30.1 Å². The molecule has 0 amide bonds. The molecule has 0 aromatic carbocycles. The zero-order chi connectivity index (χ0) is 22.3. The molecule has 0 fully saturated rings. The molecule has 0 unspecified atom stereocenters. The number of ether oxygens (including phenoxy) is 3. The smallest absolute Gasteiger partial charge is 0.311 e. The highest BCUT2D eigenvalue weighted by Crippen LogP contribution is 2.27. The van der Waals surface area contributed by atoms with Crippen molar-refractivity contribution in [2.75, 3.05) is 20.3 Å². The predicted molar refractivity (Wildman–Crippen MR) is 118 cm³/mol. The minimum absolute atomic E-state index is 0.0964. The number of carbonyl (C=O) groups excluding carboxylic acids is 2. The fourth-order valence-electron chi connectivity index (χ4n) is 3.47. The second kappa shape index (κ2) is 14.8. The van der Waals surface area contributed by atoms with E-state index in [1.54, 1.807) is 7.11 Å². The molecule has 0 aromatic rings. The highest BCUT2D eigenvalue weighted by Gasteiger charge is 2.29. The van der Waals surface area contributed by atoms with E-state index in [9.17, 15) is 9.59 Å². The fourth-order valence-corrected chi connectivity index (χ4v) is 3.47. The van der Waals surface area contributed by atoms with Crippen LogP contribution in [0.15, 0.2) is 0 Å². The van der Waals surface area contributed by atoms with Crippen LogP contribution in [0.2, 0.25) is 0 Å². The number of esters is 2. The first kappa shape index (κ1) is 27.9. The Morgan fingerprint density at radius 2 is 1.07 bits per heavy atom. The maximum Gasteiger partial charge on any atom is 0.311 e. The van der Waals surface area contributed by atoms with Gasteiger partial charge in [-0.2, -0.15) is 0 Å². The first-order valence-electron chi connectivity index (χ1n) is 11.5. The molecule has 5 nitrogen and oxygen atoms in total. The molecule has 0 N–H and O–H groups in total. The summed E-state index contributed by atoms with van der Waals surface area (Å²) in [6, 6.07) is 0. The van der Waals surface area contributed by atoms with Crippen LogP contribution in [0.5, 0.6) is 0 Å². The third kappa shape index (κ3) is 12.2. The lowest BCUT2D eigenvalue weighted by Gasteiger charge is -2.22. The number of hydrogen-bond acceptors (Lipinski definition) is 5. The Kier molecular flexibility index (Phi) is 14.3. The zero-order valence-electron chi connectivity index (χ0n) is 20.1. The van der Waals surface area contributed by atoms with Crippen molar-refractivity contribution in [1.29, 1.82) is 0 Å². The Bertz CT molecular complexity index is 416. The standard InChI is InChI=1S/C24H46O5/c1-8-28-21(25)23(3,4)18-14-10-12-16-20(27-7)17-13-11-15-19-24(5,6)22(26)29-9-2/h20H,8-19H2,1-7H3. The Hall–Kier alpha value is -1.10. The van der Waals surface area contributed by atoms with Gasteiger partial charge in [-0.3, -0.25) is 9.59 Å². The highest BCUT2D eigenvalue weighted by molar-refractivity contribution is 5.76. The fraction of sp³-hybridized carbons (Fsp3) is 0.917. The van der Waals surface area contributed by atoms with Crippen molar-refractivity contribution in [2.45, 2.75) is 112 Å². The molecular formula is C24H46O5. The minimum atomic E-state index is -0.395. The first-order chi connectivity index (χ1) is 13.6.